The highest BCUT2D eigenvalue weighted by Crippen LogP contribution is 2.15. The fraction of sp³-hybridized carbons (Fsp3) is 0.118. The van der Waals surface area contributed by atoms with Gasteiger partial charge in [-0.15, -0.1) is 6.42 Å². The molecule has 1 N–H and O–H groups in total. The van der Waals surface area contributed by atoms with E-state index in [1.165, 1.54) is 0 Å². The molecule has 2 aromatic carbocycles. The Hall–Kier alpha value is -2.73. The van der Waals surface area contributed by atoms with Crippen LogP contribution in [-0.4, -0.2) is 13.0 Å². The lowest BCUT2D eigenvalue weighted by Crippen LogP contribution is -2.15. The molecule has 0 saturated heterocycles. The second kappa shape index (κ2) is 6.44. The van der Waals surface area contributed by atoms with Gasteiger partial charge in [0.2, 0.25) is 5.91 Å². The van der Waals surface area contributed by atoms with Crippen molar-refractivity contribution in [3.63, 3.8) is 0 Å². The summed E-state index contributed by atoms with van der Waals surface area (Å²) in [4.78, 5) is 12.0. The van der Waals surface area contributed by atoms with E-state index in [1.54, 1.807) is 31.4 Å². The van der Waals surface area contributed by atoms with E-state index in [0.29, 0.717) is 0 Å². The zero-order valence-electron chi connectivity index (χ0n) is 11.2. The van der Waals surface area contributed by atoms with Crippen LogP contribution in [0.25, 0.3) is 0 Å². The third kappa shape index (κ3) is 3.39. The molecule has 0 atom stereocenters. The largest absolute Gasteiger partial charge is 0.497 e. The first-order valence-electron chi connectivity index (χ1n) is 6.21. The van der Waals surface area contributed by atoms with E-state index in [9.17, 15) is 4.79 Å². The maximum Gasteiger partial charge on any atom is 0.228 e. The number of methoxy groups -OCH3 is 1. The van der Waals surface area contributed by atoms with E-state index in [1.807, 2.05) is 24.3 Å². The van der Waals surface area contributed by atoms with Gasteiger partial charge in [-0.1, -0.05) is 24.1 Å². The molecule has 0 fully saturated rings. The highest BCUT2D eigenvalue weighted by Gasteiger charge is 2.07. The molecule has 3 heteroatoms. The fourth-order valence-electron chi connectivity index (χ4n) is 1.87. The summed E-state index contributed by atoms with van der Waals surface area (Å²) in [7, 11) is 1.60. The Balaban J connectivity index is 2.03. The summed E-state index contributed by atoms with van der Waals surface area (Å²) < 4.78 is 5.07. The van der Waals surface area contributed by atoms with Gasteiger partial charge in [0, 0.05) is 11.3 Å². The van der Waals surface area contributed by atoms with Crippen LogP contribution in [0.4, 0.5) is 5.69 Å². The molecule has 0 heterocycles. The minimum absolute atomic E-state index is 0.0992. The van der Waals surface area contributed by atoms with Crippen molar-refractivity contribution < 1.29 is 9.53 Å². The number of carbonyl (C=O) groups excluding carboxylic acids is 1. The van der Waals surface area contributed by atoms with Gasteiger partial charge in [0.15, 0.2) is 0 Å². The van der Waals surface area contributed by atoms with Gasteiger partial charge in [-0.05, 0) is 35.9 Å². The lowest BCUT2D eigenvalue weighted by molar-refractivity contribution is -0.115. The third-order valence-electron chi connectivity index (χ3n) is 2.90. The van der Waals surface area contributed by atoms with Crippen LogP contribution in [0, 0.1) is 12.3 Å². The molecular weight excluding hydrogens is 250 g/mol. The highest BCUT2D eigenvalue weighted by molar-refractivity contribution is 5.92. The van der Waals surface area contributed by atoms with E-state index in [-0.39, 0.29) is 12.3 Å². The van der Waals surface area contributed by atoms with E-state index in [0.717, 1.165) is 22.6 Å². The molecule has 0 aliphatic carbocycles. The number of carbonyl (C=O) groups is 1. The van der Waals surface area contributed by atoms with Crippen LogP contribution in [0.5, 0.6) is 5.75 Å². The Labute approximate surface area is 118 Å². The van der Waals surface area contributed by atoms with Gasteiger partial charge in [-0.25, -0.2) is 0 Å². The number of ether oxygens (including phenoxy) is 1. The number of anilines is 1. The number of hydrogen-bond acceptors (Lipinski definition) is 2. The molecule has 0 aromatic heterocycles. The lowest BCUT2D eigenvalue weighted by atomic mass is 10.0. The summed E-state index contributed by atoms with van der Waals surface area (Å²) in [6.45, 7) is 0. The van der Waals surface area contributed by atoms with Crippen molar-refractivity contribution in [1.29, 1.82) is 0 Å². The molecule has 3 nitrogen and oxygen atoms in total. The number of nitrogens with one attached hydrogen (secondary N) is 1. The monoisotopic (exact) mass is 265 g/mol. The molecule has 0 aliphatic rings. The quantitative estimate of drug-likeness (QED) is 0.863. The molecule has 100 valence electrons. The molecule has 20 heavy (non-hydrogen) atoms. The number of terminal acetylenes is 1. The van der Waals surface area contributed by atoms with Crippen molar-refractivity contribution >= 4 is 11.6 Å². The average molecular weight is 265 g/mol. The summed E-state index contributed by atoms with van der Waals surface area (Å²) in [5.41, 5.74) is 2.33. The summed E-state index contributed by atoms with van der Waals surface area (Å²) in [6, 6.07) is 14.6. The SMILES string of the molecule is C#Cc1ccccc1CC(=O)Nc1ccc(OC)cc1. The number of rotatable bonds is 4. The molecule has 0 saturated carbocycles. The van der Waals surface area contributed by atoms with Crippen LogP contribution in [-0.2, 0) is 11.2 Å². The molecule has 2 rings (SSSR count). The number of amides is 1. The predicted molar refractivity (Wildman–Crippen MR) is 79.7 cm³/mol. The standard InChI is InChI=1S/C17H15NO2/c1-3-13-6-4-5-7-14(13)12-17(19)18-15-8-10-16(20-2)11-9-15/h1,4-11H,12H2,2H3,(H,18,19). The van der Waals surface area contributed by atoms with Crippen LogP contribution in [0.3, 0.4) is 0 Å². The lowest BCUT2D eigenvalue weighted by Gasteiger charge is -2.07. The van der Waals surface area contributed by atoms with Gasteiger partial charge < -0.3 is 10.1 Å². The summed E-state index contributed by atoms with van der Waals surface area (Å²) in [5.74, 6) is 3.23. The summed E-state index contributed by atoms with van der Waals surface area (Å²) in [5, 5.41) is 2.83. The van der Waals surface area contributed by atoms with Crippen molar-refractivity contribution in [2.45, 2.75) is 6.42 Å². The van der Waals surface area contributed by atoms with Crippen molar-refractivity contribution in [3.05, 3.63) is 59.7 Å². The minimum Gasteiger partial charge on any atom is -0.497 e. The predicted octanol–water partition coefficient (Wildman–Crippen LogP) is 2.86. The van der Waals surface area contributed by atoms with Crippen LogP contribution < -0.4 is 10.1 Å². The second-order valence-corrected chi connectivity index (χ2v) is 4.25. The first-order chi connectivity index (χ1) is 9.72. The van der Waals surface area contributed by atoms with Gasteiger partial charge in [0.25, 0.3) is 0 Å². The second-order valence-electron chi connectivity index (χ2n) is 4.25. The van der Waals surface area contributed by atoms with E-state index >= 15 is 0 Å². The zero-order valence-corrected chi connectivity index (χ0v) is 11.2. The maximum absolute atomic E-state index is 12.0. The van der Waals surface area contributed by atoms with Crippen LogP contribution in [0.2, 0.25) is 0 Å². The van der Waals surface area contributed by atoms with Crippen molar-refractivity contribution in [3.8, 4) is 18.1 Å². The molecular formula is C17H15NO2. The Morgan fingerprint density at radius 1 is 1.20 bits per heavy atom. The van der Waals surface area contributed by atoms with E-state index < -0.39 is 0 Å². The zero-order chi connectivity index (χ0) is 14.4. The van der Waals surface area contributed by atoms with Crippen LogP contribution in [0.15, 0.2) is 48.5 Å². The molecule has 1 amide bonds. The summed E-state index contributed by atoms with van der Waals surface area (Å²) >= 11 is 0. The fourth-order valence-corrected chi connectivity index (χ4v) is 1.87. The Morgan fingerprint density at radius 2 is 1.90 bits per heavy atom. The smallest absolute Gasteiger partial charge is 0.228 e. The molecule has 0 bridgehead atoms. The van der Waals surface area contributed by atoms with Gasteiger partial charge in [-0.3, -0.25) is 4.79 Å². The highest BCUT2D eigenvalue weighted by atomic mass is 16.5. The first-order valence-corrected chi connectivity index (χ1v) is 6.21. The molecule has 0 unspecified atom stereocenters. The Morgan fingerprint density at radius 3 is 2.55 bits per heavy atom. The summed E-state index contributed by atoms with van der Waals surface area (Å²) in [6.07, 6.45) is 5.67. The normalized spacial score (nSPS) is 9.60. The van der Waals surface area contributed by atoms with E-state index in [4.69, 9.17) is 11.2 Å². The van der Waals surface area contributed by atoms with Crippen molar-refractivity contribution in [2.24, 2.45) is 0 Å². The Kier molecular flexibility index (Phi) is 4.41. The maximum atomic E-state index is 12.0. The minimum atomic E-state index is -0.0992. The molecule has 2 aromatic rings. The van der Waals surface area contributed by atoms with Crippen LogP contribution in [0.1, 0.15) is 11.1 Å². The first kappa shape index (κ1) is 13.7. The molecule has 0 aliphatic heterocycles. The van der Waals surface area contributed by atoms with Crippen LogP contribution >= 0.6 is 0 Å². The van der Waals surface area contributed by atoms with Crippen molar-refractivity contribution in [2.75, 3.05) is 12.4 Å². The van der Waals surface area contributed by atoms with Gasteiger partial charge in [0.1, 0.15) is 5.75 Å². The van der Waals surface area contributed by atoms with Gasteiger partial charge >= 0.3 is 0 Å². The van der Waals surface area contributed by atoms with Gasteiger partial charge in [-0.2, -0.15) is 0 Å². The van der Waals surface area contributed by atoms with E-state index in [2.05, 4.69) is 11.2 Å². The molecule has 0 spiro atoms. The third-order valence-corrected chi connectivity index (χ3v) is 2.90. The Bertz CT molecular complexity index is 639. The van der Waals surface area contributed by atoms with Gasteiger partial charge in [0.05, 0.1) is 13.5 Å². The molecule has 0 radical (unpaired) electrons. The average Bonchev–Trinajstić information content (AvgIpc) is 2.48. The topological polar surface area (TPSA) is 38.3 Å². The number of hydrogen-bond donors (Lipinski definition) is 1. The van der Waals surface area contributed by atoms with Crippen molar-refractivity contribution in [1.82, 2.24) is 0 Å². The number of benzene rings is 2.